The molecule has 0 bridgehead atoms. The number of rotatable bonds is 2. The first kappa shape index (κ1) is 8.31. The SMILES string of the molecule is COc1cc(N2CC(O)C2)ccn1. The van der Waals surface area contributed by atoms with Gasteiger partial charge in [-0.1, -0.05) is 0 Å². The van der Waals surface area contributed by atoms with Crippen LogP contribution < -0.4 is 9.64 Å². The summed E-state index contributed by atoms with van der Waals surface area (Å²) in [7, 11) is 1.59. The highest BCUT2D eigenvalue weighted by Crippen LogP contribution is 2.22. The first-order valence-electron chi connectivity index (χ1n) is 4.22. The number of aliphatic hydroxyl groups is 1. The molecule has 0 aliphatic carbocycles. The lowest BCUT2D eigenvalue weighted by molar-refractivity contribution is 0.142. The van der Waals surface area contributed by atoms with Crippen molar-refractivity contribution < 1.29 is 9.84 Å². The molecular formula is C9H12N2O2. The molecule has 1 aromatic heterocycles. The number of methoxy groups -OCH3 is 1. The average Bonchev–Trinajstić information content (AvgIpc) is 2.13. The van der Waals surface area contributed by atoms with E-state index in [1.54, 1.807) is 13.3 Å². The molecule has 13 heavy (non-hydrogen) atoms. The minimum atomic E-state index is -0.181. The van der Waals surface area contributed by atoms with Gasteiger partial charge in [0.05, 0.1) is 13.2 Å². The maximum absolute atomic E-state index is 9.12. The number of ether oxygens (including phenoxy) is 1. The van der Waals surface area contributed by atoms with E-state index in [0.717, 1.165) is 5.69 Å². The number of pyridine rings is 1. The Balaban J connectivity index is 2.12. The predicted molar refractivity (Wildman–Crippen MR) is 49.0 cm³/mol. The Kier molecular flexibility index (Phi) is 2.06. The maximum atomic E-state index is 9.12. The summed E-state index contributed by atoms with van der Waals surface area (Å²) in [5, 5.41) is 9.12. The molecule has 0 saturated carbocycles. The van der Waals surface area contributed by atoms with Gasteiger partial charge in [0.2, 0.25) is 5.88 Å². The molecule has 0 spiro atoms. The molecule has 0 atom stereocenters. The van der Waals surface area contributed by atoms with E-state index < -0.39 is 0 Å². The van der Waals surface area contributed by atoms with Gasteiger partial charge in [-0.15, -0.1) is 0 Å². The molecule has 1 N–H and O–H groups in total. The maximum Gasteiger partial charge on any atom is 0.214 e. The summed E-state index contributed by atoms with van der Waals surface area (Å²) in [5.74, 6) is 0.610. The first-order chi connectivity index (χ1) is 6.29. The van der Waals surface area contributed by atoms with Gasteiger partial charge < -0.3 is 14.7 Å². The highest BCUT2D eigenvalue weighted by molar-refractivity contribution is 5.50. The van der Waals surface area contributed by atoms with Crippen molar-refractivity contribution in [2.45, 2.75) is 6.10 Å². The van der Waals surface area contributed by atoms with Crippen molar-refractivity contribution in [3.8, 4) is 5.88 Å². The van der Waals surface area contributed by atoms with Crippen molar-refractivity contribution in [3.63, 3.8) is 0 Å². The molecule has 4 heteroatoms. The van der Waals surface area contributed by atoms with Crippen LogP contribution in [-0.4, -0.2) is 36.4 Å². The van der Waals surface area contributed by atoms with Gasteiger partial charge in [-0.3, -0.25) is 0 Å². The van der Waals surface area contributed by atoms with Crippen LogP contribution in [0.2, 0.25) is 0 Å². The Morgan fingerprint density at radius 2 is 2.38 bits per heavy atom. The zero-order chi connectivity index (χ0) is 9.26. The van der Waals surface area contributed by atoms with Crippen LogP contribution in [0.25, 0.3) is 0 Å². The van der Waals surface area contributed by atoms with Gasteiger partial charge in [0.1, 0.15) is 0 Å². The van der Waals surface area contributed by atoms with Crippen molar-refractivity contribution in [1.82, 2.24) is 4.98 Å². The van der Waals surface area contributed by atoms with E-state index in [-0.39, 0.29) is 6.10 Å². The summed E-state index contributed by atoms with van der Waals surface area (Å²) in [6.45, 7) is 1.40. The summed E-state index contributed by atoms with van der Waals surface area (Å²) < 4.78 is 5.00. The van der Waals surface area contributed by atoms with Crippen LogP contribution in [0, 0.1) is 0 Å². The molecule has 1 saturated heterocycles. The fourth-order valence-corrected chi connectivity index (χ4v) is 1.37. The minimum Gasteiger partial charge on any atom is -0.481 e. The topological polar surface area (TPSA) is 45.6 Å². The number of hydrogen-bond donors (Lipinski definition) is 1. The second-order valence-corrected chi connectivity index (χ2v) is 3.12. The predicted octanol–water partition coefficient (Wildman–Crippen LogP) is 0.271. The van der Waals surface area contributed by atoms with E-state index in [2.05, 4.69) is 9.88 Å². The van der Waals surface area contributed by atoms with Gasteiger partial charge in [-0.05, 0) is 6.07 Å². The number of hydrogen-bond acceptors (Lipinski definition) is 4. The third kappa shape index (κ3) is 1.58. The van der Waals surface area contributed by atoms with E-state index in [4.69, 9.17) is 9.84 Å². The van der Waals surface area contributed by atoms with Crippen LogP contribution in [0.5, 0.6) is 5.88 Å². The highest BCUT2D eigenvalue weighted by Gasteiger charge is 2.24. The molecule has 0 unspecified atom stereocenters. The molecule has 0 radical (unpaired) electrons. The standard InChI is InChI=1S/C9H12N2O2/c1-13-9-4-7(2-3-10-9)11-5-8(12)6-11/h2-4,8,12H,5-6H2,1H3. The van der Waals surface area contributed by atoms with Gasteiger partial charge in [-0.2, -0.15) is 0 Å². The molecule has 1 aliphatic heterocycles. The van der Waals surface area contributed by atoms with E-state index in [0.29, 0.717) is 19.0 Å². The van der Waals surface area contributed by atoms with Crippen molar-refractivity contribution in [2.75, 3.05) is 25.1 Å². The normalized spacial score (nSPS) is 16.9. The highest BCUT2D eigenvalue weighted by atomic mass is 16.5. The Bertz CT molecular complexity index is 297. The lowest BCUT2D eigenvalue weighted by atomic mass is 10.1. The Morgan fingerprint density at radius 1 is 1.62 bits per heavy atom. The number of nitrogens with zero attached hydrogens (tertiary/aromatic N) is 2. The molecule has 70 valence electrons. The number of anilines is 1. The summed E-state index contributed by atoms with van der Waals surface area (Å²) >= 11 is 0. The van der Waals surface area contributed by atoms with E-state index in [1.165, 1.54) is 0 Å². The summed E-state index contributed by atoms with van der Waals surface area (Å²) in [6, 6.07) is 3.78. The number of aliphatic hydroxyl groups excluding tert-OH is 1. The van der Waals surface area contributed by atoms with Crippen molar-refractivity contribution in [3.05, 3.63) is 18.3 Å². The molecule has 1 aliphatic rings. The Morgan fingerprint density at radius 3 is 3.00 bits per heavy atom. The number of β-amino-alcohol motifs (C(OH)–C–C–N with tert-alkyl or cyclic N) is 1. The number of aromatic nitrogens is 1. The third-order valence-electron chi connectivity index (χ3n) is 2.15. The van der Waals surface area contributed by atoms with Crippen LogP contribution in [0.15, 0.2) is 18.3 Å². The van der Waals surface area contributed by atoms with Crippen molar-refractivity contribution >= 4 is 5.69 Å². The van der Waals surface area contributed by atoms with Crippen LogP contribution in [-0.2, 0) is 0 Å². The third-order valence-corrected chi connectivity index (χ3v) is 2.15. The monoisotopic (exact) mass is 180 g/mol. The van der Waals surface area contributed by atoms with Crippen LogP contribution >= 0.6 is 0 Å². The summed E-state index contributed by atoms with van der Waals surface area (Å²) in [6.07, 6.45) is 1.53. The van der Waals surface area contributed by atoms with Gasteiger partial charge in [0, 0.05) is 31.0 Å². The second kappa shape index (κ2) is 3.22. The second-order valence-electron chi connectivity index (χ2n) is 3.12. The van der Waals surface area contributed by atoms with Crippen LogP contribution in [0.3, 0.4) is 0 Å². The van der Waals surface area contributed by atoms with E-state index in [9.17, 15) is 0 Å². The van der Waals surface area contributed by atoms with Crippen LogP contribution in [0.4, 0.5) is 5.69 Å². The van der Waals surface area contributed by atoms with Crippen LogP contribution in [0.1, 0.15) is 0 Å². The van der Waals surface area contributed by atoms with E-state index in [1.807, 2.05) is 12.1 Å². The zero-order valence-corrected chi connectivity index (χ0v) is 7.47. The van der Waals surface area contributed by atoms with Gasteiger partial charge in [0.15, 0.2) is 0 Å². The fourth-order valence-electron chi connectivity index (χ4n) is 1.37. The Hall–Kier alpha value is -1.29. The lowest BCUT2D eigenvalue weighted by Gasteiger charge is -2.37. The van der Waals surface area contributed by atoms with Crippen molar-refractivity contribution in [1.29, 1.82) is 0 Å². The van der Waals surface area contributed by atoms with Crippen molar-refractivity contribution in [2.24, 2.45) is 0 Å². The lowest BCUT2D eigenvalue weighted by Crippen LogP contribution is -2.50. The fraction of sp³-hybridized carbons (Fsp3) is 0.444. The van der Waals surface area contributed by atoms with E-state index >= 15 is 0 Å². The molecule has 4 nitrogen and oxygen atoms in total. The quantitative estimate of drug-likeness (QED) is 0.709. The smallest absolute Gasteiger partial charge is 0.214 e. The molecule has 0 aromatic carbocycles. The summed E-state index contributed by atoms with van der Waals surface area (Å²) in [4.78, 5) is 6.08. The van der Waals surface area contributed by atoms with Gasteiger partial charge >= 0.3 is 0 Å². The van der Waals surface area contributed by atoms with Gasteiger partial charge in [-0.25, -0.2) is 4.98 Å². The Labute approximate surface area is 76.8 Å². The first-order valence-corrected chi connectivity index (χ1v) is 4.22. The largest absolute Gasteiger partial charge is 0.481 e. The van der Waals surface area contributed by atoms with Gasteiger partial charge in [0.25, 0.3) is 0 Å². The summed E-state index contributed by atoms with van der Waals surface area (Å²) in [5.41, 5.74) is 1.05. The molecule has 0 amide bonds. The molecule has 2 rings (SSSR count). The average molecular weight is 180 g/mol. The minimum absolute atomic E-state index is 0.181. The zero-order valence-electron chi connectivity index (χ0n) is 7.47. The molecule has 1 aromatic rings. The molecular weight excluding hydrogens is 168 g/mol. The molecule has 2 heterocycles. The molecule has 1 fully saturated rings.